The normalized spacial score (nSPS) is 20.6. The maximum atomic E-state index is 12.6. The summed E-state index contributed by atoms with van der Waals surface area (Å²) >= 11 is 0. The number of carbonyl (C=O) groups is 1. The van der Waals surface area contributed by atoms with E-state index in [9.17, 15) is 13.2 Å². The summed E-state index contributed by atoms with van der Waals surface area (Å²) in [5, 5.41) is 2.95. The first-order valence-corrected chi connectivity index (χ1v) is 13.1. The highest BCUT2D eigenvalue weighted by molar-refractivity contribution is 7.88. The zero-order valence-corrected chi connectivity index (χ0v) is 20.3. The van der Waals surface area contributed by atoms with Gasteiger partial charge < -0.3 is 10.1 Å². The second-order valence-corrected chi connectivity index (χ2v) is 11.8. The fourth-order valence-corrected chi connectivity index (χ4v) is 6.69. The molecule has 1 aromatic heterocycles. The van der Waals surface area contributed by atoms with E-state index in [-0.39, 0.29) is 16.9 Å². The van der Waals surface area contributed by atoms with Crippen LogP contribution in [0.1, 0.15) is 33.1 Å². The van der Waals surface area contributed by atoms with Crippen molar-refractivity contribution in [3.05, 3.63) is 48.8 Å². The van der Waals surface area contributed by atoms with Crippen LogP contribution >= 0.6 is 0 Å². The summed E-state index contributed by atoms with van der Waals surface area (Å²) in [6.45, 7) is 6.50. The lowest BCUT2D eigenvalue weighted by atomic mass is 9.74. The fraction of sp³-hybridized carbons (Fsp3) is 0.500. The topological polar surface area (TPSA) is 91.8 Å². The van der Waals surface area contributed by atoms with Crippen molar-refractivity contribution in [2.45, 2.75) is 38.6 Å². The highest BCUT2D eigenvalue weighted by Crippen LogP contribution is 2.48. The van der Waals surface area contributed by atoms with Crippen LogP contribution < -0.4 is 10.1 Å². The summed E-state index contributed by atoms with van der Waals surface area (Å²) < 4.78 is 31.8. The van der Waals surface area contributed by atoms with Crippen molar-refractivity contribution in [3.63, 3.8) is 0 Å². The Morgan fingerprint density at radius 3 is 2.39 bits per heavy atom. The first-order valence-electron chi connectivity index (χ1n) is 11.2. The molecule has 2 aromatic rings. The summed E-state index contributed by atoms with van der Waals surface area (Å²) in [6.07, 6.45) is 7.29. The lowest BCUT2D eigenvalue weighted by Crippen LogP contribution is -2.45. The van der Waals surface area contributed by atoms with E-state index in [1.807, 2.05) is 50.2 Å². The first kappa shape index (κ1) is 23.7. The van der Waals surface area contributed by atoms with Gasteiger partial charge in [0.2, 0.25) is 15.9 Å². The Kier molecular flexibility index (Phi) is 6.48. The fourth-order valence-electron chi connectivity index (χ4n) is 5.22. The van der Waals surface area contributed by atoms with Crippen molar-refractivity contribution in [3.8, 4) is 11.5 Å². The minimum atomic E-state index is -3.23. The van der Waals surface area contributed by atoms with Gasteiger partial charge in [-0.2, -0.15) is 4.31 Å². The molecule has 0 aliphatic carbocycles. The monoisotopic (exact) mass is 472 g/mol. The number of benzene rings is 1. The smallest absolute Gasteiger partial charge is 0.238 e. The zero-order chi connectivity index (χ0) is 23.7. The van der Waals surface area contributed by atoms with Gasteiger partial charge in [0.1, 0.15) is 11.5 Å². The Bertz CT molecular complexity index is 1080. The minimum Gasteiger partial charge on any atom is -0.456 e. The molecule has 2 aliphatic heterocycles. The lowest BCUT2D eigenvalue weighted by molar-refractivity contribution is -0.117. The van der Waals surface area contributed by atoms with E-state index >= 15 is 0 Å². The van der Waals surface area contributed by atoms with Gasteiger partial charge in [-0.3, -0.25) is 14.7 Å². The molecule has 1 amide bonds. The molecule has 0 unspecified atom stereocenters. The first-order chi connectivity index (χ1) is 15.5. The molecule has 178 valence electrons. The van der Waals surface area contributed by atoms with Gasteiger partial charge in [-0.25, -0.2) is 8.42 Å². The molecule has 0 saturated carbocycles. The molecule has 2 aliphatic rings. The van der Waals surface area contributed by atoms with E-state index in [0.29, 0.717) is 30.3 Å². The number of nitrogens with zero attached hydrogens (tertiary/aromatic N) is 3. The molecule has 0 atom stereocenters. The van der Waals surface area contributed by atoms with E-state index in [1.54, 1.807) is 16.7 Å². The predicted octanol–water partition coefficient (Wildman–Crippen LogP) is 3.34. The summed E-state index contributed by atoms with van der Waals surface area (Å²) in [5.41, 5.74) is 0.359. The van der Waals surface area contributed by atoms with Gasteiger partial charge in [0, 0.05) is 24.0 Å². The van der Waals surface area contributed by atoms with Crippen molar-refractivity contribution in [1.29, 1.82) is 0 Å². The third-order valence-electron chi connectivity index (χ3n) is 6.65. The maximum absolute atomic E-state index is 12.6. The van der Waals surface area contributed by atoms with E-state index in [4.69, 9.17) is 4.74 Å². The van der Waals surface area contributed by atoms with Crippen LogP contribution in [0.2, 0.25) is 0 Å². The van der Waals surface area contributed by atoms with Crippen molar-refractivity contribution in [1.82, 2.24) is 14.2 Å². The summed E-state index contributed by atoms with van der Waals surface area (Å²) in [7, 11) is -3.23. The SMILES string of the molecule is CC1(C)CC2(CCN(CC(=O)Nc3ccc(Oc4cccnc4)cc3)CC2)CN1S(C)(=O)=O. The molecular formula is C24H32N4O4S. The van der Waals surface area contributed by atoms with E-state index in [0.717, 1.165) is 32.4 Å². The molecule has 8 nitrogen and oxygen atoms in total. The molecule has 2 fully saturated rings. The molecule has 9 heteroatoms. The highest BCUT2D eigenvalue weighted by Gasteiger charge is 2.52. The third kappa shape index (κ3) is 5.72. The van der Waals surface area contributed by atoms with E-state index in [2.05, 4.69) is 15.2 Å². The minimum absolute atomic E-state index is 0.00363. The number of hydrogen-bond acceptors (Lipinski definition) is 6. The quantitative estimate of drug-likeness (QED) is 0.693. The number of aromatic nitrogens is 1. The molecule has 4 rings (SSSR count). The number of rotatable bonds is 6. The number of sulfonamides is 1. The number of amides is 1. The molecule has 33 heavy (non-hydrogen) atoms. The van der Waals surface area contributed by atoms with Gasteiger partial charge in [-0.15, -0.1) is 0 Å². The predicted molar refractivity (Wildman–Crippen MR) is 128 cm³/mol. The molecule has 2 saturated heterocycles. The van der Waals surface area contributed by atoms with Crippen LogP contribution in [0.15, 0.2) is 48.8 Å². The third-order valence-corrected chi connectivity index (χ3v) is 8.08. The largest absolute Gasteiger partial charge is 0.456 e. The summed E-state index contributed by atoms with van der Waals surface area (Å²) in [5.74, 6) is 1.27. The second kappa shape index (κ2) is 9.04. The van der Waals surface area contributed by atoms with Gasteiger partial charge in [0.15, 0.2) is 0 Å². The number of likely N-dealkylation sites (tertiary alicyclic amines) is 1. The van der Waals surface area contributed by atoms with Crippen LogP contribution in [-0.4, -0.2) is 66.5 Å². The molecular weight excluding hydrogens is 440 g/mol. The molecule has 3 heterocycles. The molecule has 0 radical (unpaired) electrons. The van der Waals surface area contributed by atoms with Gasteiger partial charge >= 0.3 is 0 Å². The van der Waals surface area contributed by atoms with Crippen LogP contribution in [0.5, 0.6) is 11.5 Å². The van der Waals surface area contributed by atoms with Crippen LogP contribution in [0.25, 0.3) is 0 Å². The number of hydrogen-bond donors (Lipinski definition) is 1. The van der Waals surface area contributed by atoms with Crippen molar-refractivity contribution < 1.29 is 17.9 Å². The van der Waals surface area contributed by atoms with Gasteiger partial charge in [-0.1, -0.05) is 0 Å². The Morgan fingerprint density at radius 1 is 1.12 bits per heavy atom. The Labute approximate surface area is 196 Å². The highest BCUT2D eigenvalue weighted by atomic mass is 32.2. The van der Waals surface area contributed by atoms with Crippen LogP contribution in [0.4, 0.5) is 5.69 Å². The molecule has 1 N–H and O–H groups in total. The van der Waals surface area contributed by atoms with Gasteiger partial charge in [-0.05, 0) is 88.0 Å². The standard InChI is InChI=1S/C24H32N4O4S/c1-23(2)17-24(18-28(23)33(3,30)31)10-13-27(14-11-24)16-22(29)26-19-6-8-20(9-7-19)32-21-5-4-12-25-15-21/h4-9,12,15H,10-11,13-14,16-18H2,1-3H3,(H,26,29). The average molecular weight is 473 g/mol. The molecule has 1 aromatic carbocycles. The number of piperidine rings is 1. The van der Waals surface area contributed by atoms with Gasteiger partial charge in [0.25, 0.3) is 0 Å². The summed E-state index contributed by atoms with van der Waals surface area (Å²) in [4.78, 5) is 18.7. The number of nitrogens with one attached hydrogen (secondary N) is 1. The van der Waals surface area contributed by atoms with Crippen molar-refractivity contribution in [2.24, 2.45) is 5.41 Å². The van der Waals surface area contributed by atoms with E-state index < -0.39 is 10.0 Å². The molecule has 1 spiro atoms. The van der Waals surface area contributed by atoms with E-state index in [1.165, 1.54) is 6.26 Å². The number of pyridine rings is 1. The lowest BCUT2D eigenvalue weighted by Gasteiger charge is -2.39. The number of ether oxygens (including phenoxy) is 1. The number of anilines is 1. The Morgan fingerprint density at radius 2 is 1.82 bits per heavy atom. The van der Waals surface area contributed by atoms with Crippen molar-refractivity contribution >= 4 is 21.6 Å². The van der Waals surface area contributed by atoms with Crippen molar-refractivity contribution in [2.75, 3.05) is 37.8 Å². The van der Waals surface area contributed by atoms with Crippen LogP contribution in [0, 0.1) is 5.41 Å². The van der Waals surface area contributed by atoms with Gasteiger partial charge in [0.05, 0.1) is 19.0 Å². The van der Waals surface area contributed by atoms with Crippen LogP contribution in [-0.2, 0) is 14.8 Å². The summed E-state index contributed by atoms with van der Waals surface area (Å²) in [6, 6.07) is 10.9. The second-order valence-electron chi connectivity index (χ2n) is 9.90. The zero-order valence-electron chi connectivity index (χ0n) is 19.5. The Balaban J connectivity index is 1.27. The average Bonchev–Trinajstić information content (AvgIpc) is 3.03. The number of carbonyl (C=O) groups excluding carboxylic acids is 1. The Hall–Kier alpha value is -2.49. The van der Waals surface area contributed by atoms with Crippen LogP contribution in [0.3, 0.4) is 0 Å². The molecule has 0 bridgehead atoms. The maximum Gasteiger partial charge on any atom is 0.238 e.